The van der Waals surface area contributed by atoms with Crippen molar-refractivity contribution in [3.05, 3.63) is 16.1 Å². The predicted octanol–water partition coefficient (Wildman–Crippen LogP) is 0.588. The Morgan fingerprint density at radius 1 is 1.53 bits per heavy atom. The maximum absolute atomic E-state index is 11.8. The number of hydrogen-bond donors (Lipinski definition) is 2. The lowest BCUT2D eigenvalue weighted by Crippen LogP contribution is -2.41. The van der Waals surface area contributed by atoms with Gasteiger partial charge in [-0.1, -0.05) is 0 Å². The number of hydrogen-bond acceptors (Lipinski definition) is 6. The summed E-state index contributed by atoms with van der Waals surface area (Å²) in [6.45, 7) is 1.66. The fourth-order valence-corrected chi connectivity index (χ4v) is 2.07. The molecule has 7 nitrogen and oxygen atoms in total. The molecule has 0 aromatic carbocycles. The summed E-state index contributed by atoms with van der Waals surface area (Å²) in [7, 11) is 1.22. The van der Waals surface area contributed by atoms with Crippen molar-refractivity contribution < 1.29 is 24.2 Å². The molecule has 104 valence electrons. The molecule has 0 saturated heterocycles. The van der Waals surface area contributed by atoms with Gasteiger partial charge in [0.1, 0.15) is 10.9 Å². The van der Waals surface area contributed by atoms with E-state index in [1.54, 1.807) is 6.92 Å². The molecule has 1 heterocycles. The number of carbonyl (C=O) groups is 3. The molecular weight excluding hydrogens is 272 g/mol. The minimum atomic E-state index is -1.19. The monoisotopic (exact) mass is 286 g/mol. The summed E-state index contributed by atoms with van der Waals surface area (Å²) in [4.78, 5) is 38.1. The van der Waals surface area contributed by atoms with E-state index < -0.39 is 23.9 Å². The number of rotatable bonds is 6. The number of carboxylic acid groups (broad SMARTS) is 1. The summed E-state index contributed by atoms with van der Waals surface area (Å²) >= 11 is 1.13. The van der Waals surface area contributed by atoms with Crippen LogP contribution in [0, 0.1) is 6.92 Å². The third-order valence-corrected chi connectivity index (χ3v) is 3.35. The number of carboxylic acids is 1. The second kappa shape index (κ2) is 6.83. The molecule has 0 aliphatic carbocycles. The average molecular weight is 286 g/mol. The van der Waals surface area contributed by atoms with Crippen LogP contribution in [-0.2, 0) is 14.3 Å². The van der Waals surface area contributed by atoms with E-state index in [9.17, 15) is 14.4 Å². The molecule has 0 spiro atoms. The van der Waals surface area contributed by atoms with Crippen molar-refractivity contribution in [3.8, 4) is 0 Å². The van der Waals surface area contributed by atoms with Crippen molar-refractivity contribution in [1.82, 2.24) is 10.3 Å². The molecule has 1 aromatic rings. The number of nitrogens with one attached hydrogen (secondary N) is 1. The lowest BCUT2D eigenvalue weighted by atomic mass is 10.1. The van der Waals surface area contributed by atoms with Gasteiger partial charge in [0.05, 0.1) is 18.3 Å². The quantitative estimate of drug-likeness (QED) is 0.741. The summed E-state index contributed by atoms with van der Waals surface area (Å²) < 4.78 is 4.42. The van der Waals surface area contributed by atoms with Crippen LogP contribution < -0.4 is 5.32 Å². The lowest BCUT2D eigenvalue weighted by molar-refractivity contribution is -0.142. The van der Waals surface area contributed by atoms with Crippen molar-refractivity contribution in [3.63, 3.8) is 0 Å². The molecule has 8 heteroatoms. The number of methoxy groups -OCH3 is 1. The molecule has 0 unspecified atom stereocenters. The molecule has 1 rings (SSSR count). The van der Waals surface area contributed by atoms with Crippen molar-refractivity contribution >= 4 is 29.2 Å². The van der Waals surface area contributed by atoms with Crippen LogP contribution in [-0.4, -0.2) is 41.1 Å². The lowest BCUT2D eigenvalue weighted by Gasteiger charge is -2.13. The molecule has 0 aliphatic rings. The van der Waals surface area contributed by atoms with Crippen LogP contribution >= 0.6 is 11.3 Å². The maximum Gasteiger partial charge on any atom is 0.326 e. The van der Waals surface area contributed by atoms with Crippen molar-refractivity contribution in [2.24, 2.45) is 0 Å². The van der Waals surface area contributed by atoms with Gasteiger partial charge < -0.3 is 15.2 Å². The first-order valence-electron chi connectivity index (χ1n) is 5.46. The highest BCUT2D eigenvalue weighted by molar-refractivity contribution is 7.11. The van der Waals surface area contributed by atoms with Gasteiger partial charge >= 0.3 is 11.9 Å². The average Bonchev–Trinajstić information content (AvgIpc) is 2.79. The number of nitrogens with zero attached hydrogens (tertiary/aromatic N) is 1. The number of esters is 1. The molecule has 0 fully saturated rings. The van der Waals surface area contributed by atoms with Gasteiger partial charge in [0.25, 0.3) is 5.91 Å². The fourth-order valence-electron chi connectivity index (χ4n) is 1.37. The van der Waals surface area contributed by atoms with Crippen LogP contribution in [0.15, 0.2) is 5.51 Å². The minimum absolute atomic E-state index is 0.0222. The molecule has 0 aliphatic heterocycles. The molecular formula is C11H14N2O5S. The number of aliphatic carboxylic acids is 1. The number of aromatic nitrogens is 1. The minimum Gasteiger partial charge on any atom is -0.480 e. The van der Waals surface area contributed by atoms with Gasteiger partial charge in [0, 0.05) is 6.42 Å². The smallest absolute Gasteiger partial charge is 0.326 e. The third kappa shape index (κ3) is 4.32. The number of carbonyl (C=O) groups excluding carboxylic acids is 2. The Balaban J connectivity index is 2.64. The molecule has 0 radical (unpaired) electrons. The van der Waals surface area contributed by atoms with Crippen LogP contribution in [0.1, 0.15) is 28.2 Å². The van der Waals surface area contributed by atoms with E-state index in [-0.39, 0.29) is 12.8 Å². The molecule has 1 amide bonds. The molecule has 19 heavy (non-hydrogen) atoms. The molecule has 1 aromatic heterocycles. The predicted molar refractivity (Wildman–Crippen MR) is 67.0 cm³/mol. The first kappa shape index (κ1) is 15.1. The molecule has 0 saturated carbocycles. The Hall–Kier alpha value is -1.96. The summed E-state index contributed by atoms with van der Waals surface area (Å²) in [5.41, 5.74) is 2.05. The zero-order chi connectivity index (χ0) is 14.4. The second-order valence-corrected chi connectivity index (χ2v) is 4.60. The highest BCUT2D eigenvalue weighted by Crippen LogP contribution is 2.12. The van der Waals surface area contributed by atoms with Gasteiger partial charge in [-0.15, -0.1) is 11.3 Å². The van der Waals surface area contributed by atoms with Crippen molar-refractivity contribution in [2.75, 3.05) is 7.11 Å². The zero-order valence-corrected chi connectivity index (χ0v) is 11.3. The van der Waals surface area contributed by atoms with Crippen LogP contribution in [0.3, 0.4) is 0 Å². The van der Waals surface area contributed by atoms with Gasteiger partial charge in [0.2, 0.25) is 0 Å². The number of aryl methyl sites for hydroxylation is 1. The highest BCUT2D eigenvalue weighted by Gasteiger charge is 2.23. The van der Waals surface area contributed by atoms with Crippen LogP contribution in [0.4, 0.5) is 0 Å². The summed E-state index contributed by atoms with van der Waals surface area (Å²) in [6.07, 6.45) is -0.0962. The van der Waals surface area contributed by atoms with Crippen molar-refractivity contribution in [1.29, 1.82) is 0 Å². The molecule has 1 atom stereocenters. The third-order valence-electron chi connectivity index (χ3n) is 2.42. The first-order chi connectivity index (χ1) is 8.95. The maximum atomic E-state index is 11.8. The number of amides is 1. The van der Waals surface area contributed by atoms with E-state index in [0.717, 1.165) is 11.3 Å². The standard InChI is InChI=1S/C11H14N2O5S/c1-6-9(19-5-12-6)10(15)13-7(11(16)17)3-4-8(14)18-2/h5,7H,3-4H2,1-2H3,(H,13,15)(H,16,17)/t7-/m0/s1. The van der Waals surface area contributed by atoms with Crippen LogP contribution in [0.25, 0.3) is 0 Å². The topological polar surface area (TPSA) is 106 Å². The van der Waals surface area contributed by atoms with Crippen LogP contribution in [0.5, 0.6) is 0 Å². The van der Waals surface area contributed by atoms with E-state index in [1.165, 1.54) is 12.6 Å². The Bertz CT molecular complexity index is 485. The van der Waals surface area contributed by atoms with E-state index in [4.69, 9.17) is 5.11 Å². The van der Waals surface area contributed by atoms with E-state index in [1.807, 2.05) is 0 Å². The van der Waals surface area contributed by atoms with Gasteiger partial charge in [-0.2, -0.15) is 0 Å². The van der Waals surface area contributed by atoms with E-state index in [0.29, 0.717) is 10.6 Å². The Kier molecular flexibility index (Phi) is 5.43. The second-order valence-electron chi connectivity index (χ2n) is 3.75. The molecule has 0 bridgehead atoms. The largest absolute Gasteiger partial charge is 0.480 e. The van der Waals surface area contributed by atoms with Crippen molar-refractivity contribution in [2.45, 2.75) is 25.8 Å². The SMILES string of the molecule is COC(=O)CC[C@H](NC(=O)c1scnc1C)C(=O)O. The molecule has 2 N–H and O–H groups in total. The van der Waals surface area contributed by atoms with Gasteiger partial charge in [0.15, 0.2) is 0 Å². The van der Waals surface area contributed by atoms with Gasteiger partial charge in [-0.25, -0.2) is 9.78 Å². The Morgan fingerprint density at radius 3 is 2.68 bits per heavy atom. The Morgan fingerprint density at radius 2 is 2.21 bits per heavy atom. The number of thiazole rings is 1. The summed E-state index contributed by atoms with van der Waals surface area (Å²) in [5, 5.41) is 11.4. The Labute approximate surface area is 113 Å². The fraction of sp³-hybridized carbons (Fsp3) is 0.455. The van der Waals surface area contributed by atoms with Crippen LogP contribution in [0.2, 0.25) is 0 Å². The first-order valence-corrected chi connectivity index (χ1v) is 6.34. The zero-order valence-electron chi connectivity index (χ0n) is 10.5. The summed E-state index contributed by atoms with van der Waals surface area (Å²) in [5.74, 6) is -2.22. The van der Waals surface area contributed by atoms with Gasteiger partial charge in [-0.05, 0) is 13.3 Å². The highest BCUT2D eigenvalue weighted by atomic mass is 32.1. The van der Waals surface area contributed by atoms with E-state index in [2.05, 4.69) is 15.0 Å². The van der Waals surface area contributed by atoms with E-state index >= 15 is 0 Å². The number of ether oxygens (including phenoxy) is 1. The van der Waals surface area contributed by atoms with Gasteiger partial charge in [-0.3, -0.25) is 9.59 Å². The summed E-state index contributed by atoms with van der Waals surface area (Å²) in [6, 6.07) is -1.13. The normalized spacial score (nSPS) is 11.7.